The second-order valence-corrected chi connectivity index (χ2v) is 4.55. The number of benzene rings is 1. The Morgan fingerprint density at radius 3 is 2.85 bits per heavy atom. The number of hydrogen-bond acceptors (Lipinski definition) is 3. The number of rotatable bonds is 6. The molecule has 0 saturated carbocycles. The molecule has 2 heterocycles. The highest BCUT2D eigenvalue weighted by Gasteiger charge is 2.01. The topological polar surface area (TPSA) is 58.5 Å². The van der Waals surface area contributed by atoms with Gasteiger partial charge in [-0.25, -0.2) is 9.67 Å². The summed E-state index contributed by atoms with van der Waals surface area (Å²) in [6.07, 6.45) is 6.50. The highest BCUT2D eigenvalue weighted by atomic mass is 15.3. The minimum Gasteiger partial charge on any atom is -0.349 e. The largest absolute Gasteiger partial charge is 0.349 e. The number of imidazole rings is 1. The number of aromatic nitrogens is 4. The summed E-state index contributed by atoms with van der Waals surface area (Å²) in [7, 11) is 0. The van der Waals surface area contributed by atoms with E-state index in [1.807, 2.05) is 53.5 Å². The predicted molar refractivity (Wildman–Crippen MR) is 77.6 cm³/mol. The van der Waals surface area contributed by atoms with Gasteiger partial charge in [-0.05, 0) is 18.2 Å². The highest BCUT2D eigenvalue weighted by molar-refractivity contribution is 5.30. The van der Waals surface area contributed by atoms with Crippen molar-refractivity contribution in [3.63, 3.8) is 0 Å². The number of aromatic amines is 1. The molecule has 2 N–H and O–H groups in total. The van der Waals surface area contributed by atoms with Gasteiger partial charge in [-0.15, -0.1) is 0 Å². The van der Waals surface area contributed by atoms with Crippen molar-refractivity contribution >= 4 is 0 Å². The average Bonchev–Trinajstić information content (AvgIpc) is 3.16. The zero-order valence-corrected chi connectivity index (χ0v) is 11.2. The van der Waals surface area contributed by atoms with Gasteiger partial charge in [-0.3, -0.25) is 0 Å². The molecule has 2 aromatic heterocycles. The van der Waals surface area contributed by atoms with E-state index >= 15 is 0 Å². The van der Waals surface area contributed by atoms with Gasteiger partial charge < -0.3 is 10.3 Å². The Labute approximate surface area is 117 Å². The average molecular weight is 267 g/mol. The van der Waals surface area contributed by atoms with Crippen LogP contribution in [0.2, 0.25) is 0 Å². The number of hydrogen-bond donors (Lipinski definition) is 2. The number of nitrogens with zero attached hydrogens (tertiary/aromatic N) is 3. The van der Waals surface area contributed by atoms with Crippen molar-refractivity contribution in [2.24, 2.45) is 0 Å². The third kappa shape index (κ3) is 3.13. The van der Waals surface area contributed by atoms with E-state index in [1.54, 1.807) is 6.20 Å². The molecule has 0 aliphatic heterocycles. The molecule has 20 heavy (non-hydrogen) atoms. The lowest BCUT2D eigenvalue weighted by Gasteiger charge is -2.02. The molecule has 0 fully saturated rings. The predicted octanol–water partition coefficient (Wildman–Crippen LogP) is 1.93. The molecular formula is C15H17N5. The molecule has 0 aliphatic carbocycles. The van der Waals surface area contributed by atoms with Gasteiger partial charge in [0.1, 0.15) is 5.82 Å². The number of para-hydroxylation sites is 1. The van der Waals surface area contributed by atoms with Gasteiger partial charge in [-0.1, -0.05) is 18.2 Å². The first-order valence-electron chi connectivity index (χ1n) is 6.71. The molecule has 5 heteroatoms. The zero-order valence-electron chi connectivity index (χ0n) is 11.2. The van der Waals surface area contributed by atoms with E-state index in [-0.39, 0.29) is 0 Å². The molecular weight excluding hydrogens is 250 g/mol. The number of nitrogens with one attached hydrogen (secondary N) is 2. The minimum absolute atomic E-state index is 0.764. The molecule has 0 unspecified atom stereocenters. The summed E-state index contributed by atoms with van der Waals surface area (Å²) in [5.41, 5.74) is 2.11. The van der Waals surface area contributed by atoms with Crippen LogP contribution in [0.4, 0.5) is 0 Å². The smallest absolute Gasteiger partial charge is 0.107 e. The van der Waals surface area contributed by atoms with Crippen molar-refractivity contribution in [1.29, 1.82) is 0 Å². The Balaban J connectivity index is 1.50. The maximum absolute atomic E-state index is 4.55. The Kier molecular flexibility index (Phi) is 3.89. The van der Waals surface area contributed by atoms with Gasteiger partial charge in [0.2, 0.25) is 0 Å². The fraction of sp³-hybridized carbons (Fsp3) is 0.200. The Morgan fingerprint density at radius 2 is 2.05 bits per heavy atom. The molecule has 0 aliphatic rings. The van der Waals surface area contributed by atoms with Crippen molar-refractivity contribution < 1.29 is 0 Å². The first kappa shape index (κ1) is 12.6. The van der Waals surface area contributed by atoms with Crippen molar-refractivity contribution in [2.75, 3.05) is 6.54 Å². The van der Waals surface area contributed by atoms with Crippen LogP contribution in [0.3, 0.4) is 0 Å². The molecule has 0 spiro atoms. The Morgan fingerprint density at radius 1 is 1.15 bits per heavy atom. The summed E-state index contributed by atoms with van der Waals surface area (Å²) < 4.78 is 1.89. The lowest BCUT2D eigenvalue weighted by atomic mass is 10.3. The van der Waals surface area contributed by atoms with Gasteiger partial charge in [0, 0.05) is 38.1 Å². The summed E-state index contributed by atoms with van der Waals surface area (Å²) in [6.45, 7) is 1.65. The third-order valence-electron chi connectivity index (χ3n) is 3.06. The minimum atomic E-state index is 0.764. The lowest BCUT2D eigenvalue weighted by Crippen LogP contribution is -2.17. The van der Waals surface area contributed by atoms with Crippen LogP contribution in [0.1, 0.15) is 11.5 Å². The molecule has 102 valence electrons. The molecule has 1 aromatic carbocycles. The monoisotopic (exact) mass is 267 g/mol. The summed E-state index contributed by atoms with van der Waals surface area (Å²) in [6, 6.07) is 12.1. The second kappa shape index (κ2) is 6.16. The standard InChI is InChI=1S/C15H17N5/c1-2-4-14(5-3-1)20-11-7-13(19-20)12-16-8-6-15-17-9-10-18-15/h1-5,7,9-11,16H,6,8,12H2,(H,17,18). The van der Waals surface area contributed by atoms with Gasteiger partial charge in [0.25, 0.3) is 0 Å². The third-order valence-corrected chi connectivity index (χ3v) is 3.06. The van der Waals surface area contributed by atoms with Crippen LogP contribution in [0.25, 0.3) is 5.69 Å². The summed E-state index contributed by atoms with van der Waals surface area (Å²) in [5, 5.41) is 7.91. The van der Waals surface area contributed by atoms with E-state index < -0.39 is 0 Å². The first-order chi connectivity index (χ1) is 9.92. The van der Waals surface area contributed by atoms with Crippen molar-refractivity contribution in [1.82, 2.24) is 25.1 Å². The Bertz CT molecular complexity index is 627. The van der Waals surface area contributed by atoms with Crippen LogP contribution < -0.4 is 5.32 Å². The summed E-state index contributed by atoms with van der Waals surface area (Å²) in [4.78, 5) is 7.28. The van der Waals surface area contributed by atoms with Crippen LogP contribution in [-0.2, 0) is 13.0 Å². The van der Waals surface area contributed by atoms with Gasteiger partial charge in [-0.2, -0.15) is 5.10 Å². The SMILES string of the molecule is c1ccc(-n2ccc(CNCCc3ncc[nH]3)n2)cc1. The summed E-state index contributed by atoms with van der Waals surface area (Å²) >= 11 is 0. The maximum Gasteiger partial charge on any atom is 0.107 e. The highest BCUT2D eigenvalue weighted by Crippen LogP contribution is 2.06. The van der Waals surface area contributed by atoms with Crippen molar-refractivity contribution in [3.8, 4) is 5.69 Å². The molecule has 0 amide bonds. The lowest BCUT2D eigenvalue weighted by molar-refractivity contribution is 0.655. The van der Waals surface area contributed by atoms with Crippen LogP contribution in [-0.4, -0.2) is 26.3 Å². The molecule has 0 bridgehead atoms. The molecule has 3 aromatic rings. The van der Waals surface area contributed by atoms with Gasteiger partial charge in [0.05, 0.1) is 11.4 Å². The quantitative estimate of drug-likeness (QED) is 0.671. The zero-order chi connectivity index (χ0) is 13.6. The molecule has 0 saturated heterocycles. The van der Waals surface area contributed by atoms with E-state index in [0.29, 0.717) is 0 Å². The normalized spacial score (nSPS) is 10.8. The summed E-state index contributed by atoms with van der Waals surface area (Å²) in [5.74, 6) is 1.01. The van der Waals surface area contributed by atoms with E-state index in [9.17, 15) is 0 Å². The molecule has 5 nitrogen and oxygen atoms in total. The van der Waals surface area contributed by atoms with Crippen LogP contribution in [0.15, 0.2) is 55.0 Å². The van der Waals surface area contributed by atoms with Crippen molar-refractivity contribution in [3.05, 3.63) is 66.5 Å². The van der Waals surface area contributed by atoms with E-state index in [2.05, 4.69) is 20.4 Å². The first-order valence-corrected chi connectivity index (χ1v) is 6.71. The fourth-order valence-corrected chi connectivity index (χ4v) is 2.04. The molecule has 3 rings (SSSR count). The van der Waals surface area contributed by atoms with Crippen LogP contribution in [0.5, 0.6) is 0 Å². The maximum atomic E-state index is 4.55. The van der Waals surface area contributed by atoms with Crippen LogP contribution in [0, 0.1) is 0 Å². The fourth-order valence-electron chi connectivity index (χ4n) is 2.04. The van der Waals surface area contributed by atoms with E-state index in [0.717, 1.165) is 36.7 Å². The van der Waals surface area contributed by atoms with E-state index in [1.165, 1.54) is 0 Å². The van der Waals surface area contributed by atoms with Crippen LogP contribution >= 0.6 is 0 Å². The molecule has 0 atom stereocenters. The van der Waals surface area contributed by atoms with Gasteiger partial charge >= 0.3 is 0 Å². The van der Waals surface area contributed by atoms with Gasteiger partial charge in [0.15, 0.2) is 0 Å². The Hall–Kier alpha value is -2.40. The van der Waals surface area contributed by atoms with Crippen molar-refractivity contribution in [2.45, 2.75) is 13.0 Å². The number of H-pyrrole nitrogens is 1. The second-order valence-electron chi connectivity index (χ2n) is 4.55. The van der Waals surface area contributed by atoms with E-state index in [4.69, 9.17) is 0 Å². The molecule has 0 radical (unpaired) electrons.